The van der Waals surface area contributed by atoms with Crippen molar-refractivity contribution in [2.24, 2.45) is 0 Å². The average Bonchev–Trinajstić information content (AvgIpc) is 2.58. The van der Waals surface area contributed by atoms with Gasteiger partial charge < -0.3 is 14.9 Å². The Morgan fingerprint density at radius 1 is 0.778 bits per heavy atom. The molecule has 0 aromatic heterocycles. The van der Waals surface area contributed by atoms with Crippen LogP contribution in [-0.4, -0.2) is 60.3 Å². The van der Waals surface area contributed by atoms with E-state index in [0.29, 0.717) is 25.3 Å². The van der Waals surface area contributed by atoms with E-state index >= 15 is 0 Å². The first-order valence-corrected chi connectivity index (χ1v) is 9.73. The summed E-state index contributed by atoms with van der Waals surface area (Å²) >= 11 is 0. The molecule has 7 heteroatoms. The van der Waals surface area contributed by atoms with Gasteiger partial charge in [0.05, 0.1) is 13.2 Å². The largest absolute Gasteiger partial charge is 0.478 e. The third-order valence-electron chi connectivity index (χ3n) is 3.57. The van der Waals surface area contributed by atoms with Crippen molar-refractivity contribution in [2.45, 2.75) is 71.1 Å². The van der Waals surface area contributed by atoms with E-state index in [1.54, 1.807) is 0 Å². The maximum atomic E-state index is 11.2. The van der Waals surface area contributed by atoms with Crippen LogP contribution in [0, 0.1) is 0 Å². The standard InChI is InChI=1S/C16H33NO2.C4H4O4/c1-4-5-6-7-8-9-10-11-12-13-14-19-16(18)15-17(2)3;5-3(6)1-2-4(7)8/h4-15H2,1-3H3;1-2H,(H,5,6)(H,7,8)/b;2-1+. The van der Waals surface area contributed by atoms with Gasteiger partial charge in [-0.2, -0.15) is 0 Å². The zero-order valence-corrected chi connectivity index (χ0v) is 17.1. The highest BCUT2D eigenvalue weighted by Crippen LogP contribution is 2.10. The van der Waals surface area contributed by atoms with Crippen LogP contribution in [0.25, 0.3) is 0 Å². The number of carbonyl (C=O) groups excluding carboxylic acids is 1. The molecule has 0 bridgehead atoms. The molecule has 0 aromatic rings. The molecule has 0 spiro atoms. The van der Waals surface area contributed by atoms with E-state index in [9.17, 15) is 14.4 Å². The number of rotatable bonds is 15. The van der Waals surface area contributed by atoms with Gasteiger partial charge in [0.15, 0.2) is 0 Å². The summed E-state index contributed by atoms with van der Waals surface area (Å²) in [5.41, 5.74) is 0. The average molecular weight is 388 g/mol. The molecule has 0 aliphatic rings. The summed E-state index contributed by atoms with van der Waals surface area (Å²) < 4.78 is 5.14. The van der Waals surface area contributed by atoms with E-state index in [1.807, 2.05) is 19.0 Å². The van der Waals surface area contributed by atoms with E-state index in [4.69, 9.17) is 14.9 Å². The lowest BCUT2D eigenvalue weighted by atomic mass is 10.1. The molecule has 0 unspecified atom stereocenters. The quantitative estimate of drug-likeness (QED) is 0.251. The molecule has 0 heterocycles. The lowest BCUT2D eigenvalue weighted by molar-refractivity contribution is -0.144. The number of likely N-dealkylation sites (N-methyl/N-ethyl adjacent to an activating group) is 1. The van der Waals surface area contributed by atoms with Crippen molar-refractivity contribution < 1.29 is 29.3 Å². The van der Waals surface area contributed by atoms with Crippen molar-refractivity contribution in [1.29, 1.82) is 0 Å². The summed E-state index contributed by atoms with van der Waals surface area (Å²) in [5, 5.41) is 15.6. The molecular weight excluding hydrogens is 350 g/mol. The smallest absolute Gasteiger partial charge is 0.328 e. The van der Waals surface area contributed by atoms with Gasteiger partial charge in [0.1, 0.15) is 0 Å². The first kappa shape index (κ1) is 27.3. The van der Waals surface area contributed by atoms with E-state index in [-0.39, 0.29) is 5.97 Å². The minimum absolute atomic E-state index is 0.110. The van der Waals surface area contributed by atoms with Gasteiger partial charge in [-0.3, -0.25) is 9.69 Å². The topological polar surface area (TPSA) is 104 Å². The van der Waals surface area contributed by atoms with Gasteiger partial charge >= 0.3 is 17.9 Å². The molecule has 0 aliphatic carbocycles. The summed E-state index contributed by atoms with van der Waals surface area (Å²) in [4.78, 5) is 32.2. The highest BCUT2D eigenvalue weighted by atomic mass is 16.5. The molecule has 0 rings (SSSR count). The third-order valence-corrected chi connectivity index (χ3v) is 3.57. The molecular formula is C20H37NO6. The summed E-state index contributed by atoms with van der Waals surface area (Å²) in [7, 11) is 3.75. The fourth-order valence-electron chi connectivity index (χ4n) is 2.22. The number of carbonyl (C=O) groups is 3. The lowest BCUT2D eigenvalue weighted by Crippen LogP contribution is -2.23. The number of hydrogen-bond acceptors (Lipinski definition) is 5. The number of unbranched alkanes of at least 4 members (excludes halogenated alkanes) is 9. The number of aliphatic carboxylic acids is 2. The van der Waals surface area contributed by atoms with Crippen molar-refractivity contribution in [3.8, 4) is 0 Å². The zero-order chi connectivity index (χ0) is 20.9. The first-order chi connectivity index (χ1) is 12.8. The van der Waals surface area contributed by atoms with Gasteiger partial charge in [-0.15, -0.1) is 0 Å². The minimum Gasteiger partial charge on any atom is -0.478 e. The van der Waals surface area contributed by atoms with Crippen LogP contribution in [0.3, 0.4) is 0 Å². The molecule has 2 N–H and O–H groups in total. The molecule has 0 aliphatic heterocycles. The Hall–Kier alpha value is -1.89. The van der Waals surface area contributed by atoms with Crippen molar-refractivity contribution >= 4 is 17.9 Å². The first-order valence-electron chi connectivity index (χ1n) is 9.73. The molecule has 0 saturated heterocycles. The molecule has 0 saturated carbocycles. The van der Waals surface area contributed by atoms with Crippen LogP contribution in [0.2, 0.25) is 0 Å². The molecule has 0 fully saturated rings. The second-order valence-electron chi connectivity index (χ2n) is 6.65. The maximum Gasteiger partial charge on any atom is 0.328 e. The third kappa shape index (κ3) is 29.1. The molecule has 7 nitrogen and oxygen atoms in total. The predicted octanol–water partition coefficient (Wildman–Crippen LogP) is 3.72. The number of carboxylic acid groups (broad SMARTS) is 2. The molecule has 158 valence electrons. The molecule has 0 aromatic carbocycles. The van der Waals surface area contributed by atoms with E-state index < -0.39 is 11.9 Å². The summed E-state index contributed by atoms with van der Waals surface area (Å²) in [5.74, 6) is -2.62. The Morgan fingerprint density at radius 2 is 1.19 bits per heavy atom. The second-order valence-corrected chi connectivity index (χ2v) is 6.65. The summed E-state index contributed by atoms with van der Waals surface area (Å²) in [6.45, 7) is 3.23. The Kier molecular flexibility index (Phi) is 20.7. The Morgan fingerprint density at radius 3 is 1.56 bits per heavy atom. The lowest BCUT2D eigenvalue weighted by Gasteiger charge is -2.09. The zero-order valence-electron chi connectivity index (χ0n) is 17.1. The van der Waals surface area contributed by atoms with Crippen LogP contribution in [0.4, 0.5) is 0 Å². The fraction of sp³-hybridized carbons (Fsp3) is 0.750. The van der Waals surface area contributed by atoms with Gasteiger partial charge in [-0.1, -0.05) is 64.7 Å². The molecule has 0 amide bonds. The van der Waals surface area contributed by atoms with E-state index in [1.165, 1.54) is 57.8 Å². The SMILES string of the molecule is CCCCCCCCCCCCOC(=O)CN(C)C.O=C(O)/C=C/C(=O)O. The molecule has 0 radical (unpaired) electrons. The van der Waals surface area contributed by atoms with Crippen LogP contribution < -0.4 is 0 Å². The van der Waals surface area contributed by atoms with Crippen LogP contribution in [-0.2, 0) is 19.1 Å². The number of esters is 1. The number of ether oxygens (including phenoxy) is 1. The monoisotopic (exact) mass is 387 g/mol. The van der Waals surface area contributed by atoms with Crippen LogP contribution >= 0.6 is 0 Å². The normalized spacial score (nSPS) is 10.5. The van der Waals surface area contributed by atoms with Gasteiger partial charge in [0, 0.05) is 12.2 Å². The van der Waals surface area contributed by atoms with Crippen molar-refractivity contribution in [1.82, 2.24) is 4.90 Å². The highest BCUT2D eigenvalue weighted by molar-refractivity contribution is 5.89. The van der Waals surface area contributed by atoms with Gasteiger partial charge in [-0.05, 0) is 20.5 Å². The maximum absolute atomic E-state index is 11.2. The van der Waals surface area contributed by atoms with Crippen molar-refractivity contribution in [3.05, 3.63) is 12.2 Å². The predicted molar refractivity (Wildman–Crippen MR) is 106 cm³/mol. The Bertz CT molecular complexity index is 405. The van der Waals surface area contributed by atoms with Gasteiger partial charge in [0.25, 0.3) is 0 Å². The van der Waals surface area contributed by atoms with E-state index in [0.717, 1.165) is 6.42 Å². The number of nitrogens with zero attached hydrogens (tertiary/aromatic N) is 1. The highest BCUT2D eigenvalue weighted by Gasteiger charge is 2.03. The van der Waals surface area contributed by atoms with Gasteiger partial charge in [0.2, 0.25) is 0 Å². The van der Waals surface area contributed by atoms with Gasteiger partial charge in [-0.25, -0.2) is 9.59 Å². The minimum atomic E-state index is -1.26. The van der Waals surface area contributed by atoms with E-state index in [2.05, 4.69) is 6.92 Å². The molecule has 0 atom stereocenters. The van der Waals surface area contributed by atoms with Crippen LogP contribution in [0.5, 0.6) is 0 Å². The Labute approximate surface area is 163 Å². The van der Waals surface area contributed by atoms with Crippen molar-refractivity contribution in [3.63, 3.8) is 0 Å². The summed E-state index contributed by atoms with van der Waals surface area (Å²) in [6, 6.07) is 0. The molecule has 27 heavy (non-hydrogen) atoms. The number of hydrogen-bond donors (Lipinski definition) is 2. The number of carboxylic acids is 2. The fourth-order valence-corrected chi connectivity index (χ4v) is 2.22. The van der Waals surface area contributed by atoms with Crippen LogP contribution in [0.15, 0.2) is 12.2 Å². The van der Waals surface area contributed by atoms with Crippen molar-refractivity contribution in [2.75, 3.05) is 27.2 Å². The Balaban J connectivity index is 0. The second kappa shape index (κ2) is 20.4. The summed E-state index contributed by atoms with van der Waals surface area (Å²) in [6.07, 6.45) is 14.2. The van der Waals surface area contributed by atoms with Crippen LogP contribution in [0.1, 0.15) is 71.1 Å².